The molecule has 1 aliphatic rings. The number of nitrogens with zero attached hydrogens (tertiary/aromatic N) is 1. The minimum Gasteiger partial charge on any atom is -0.308 e. The topological polar surface area (TPSA) is 32.3 Å². The number of urea groups is 1. The number of halogens is 2. The van der Waals surface area contributed by atoms with Crippen molar-refractivity contribution in [3.05, 3.63) is 63.1 Å². The van der Waals surface area contributed by atoms with E-state index in [0.717, 1.165) is 5.75 Å². The van der Waals surface area contributed by atoms with E-state index in [4.69, 9.17) is 23.2 Å². The van der Waals surface area contributed by atoms with Crippen molar-refractivity contribution in [2.24, 2.45) is 0 Å². The predicted molar refractivity (Wildman–Crippen MR) is 103 cm³/mol. The number of amides is 2. The standard InChI is InChI=1S/C18H18Cl2N2OS/c1-11-3-5-14(12(2)9-11)17-22(7-8-24-17)18(23)21-16-6-4-13(19)10-15(16)20/h3-6,9-10,17H,7-8H2,1-2H3,(H,21,23)/t17-/m0/s1. The molecule has 3 rings (SSSR count). The van der Waals surface area contributed by atoms with Crippen LogP contribution in [0.4, 0.5) is 10.5 Å². The summed E-state index contributed by atoms with van der Waals surface area (Å²) in [5.74, 6) is 0.916. The molecule has 0 aromatic heterocycles. The Morgan fingerprint density at radius 3 is 2.71 bits per heavy atom. The molecule has 2 amide bonds. The maximum absolute atomic E-state index is 12.7. The highest BCUT2D eigenvalue weighted by atomic mass is 35.5. The Hall–Kier alpha value is -1.36. The largest absolute Gasteiger partial charge is 0.323 e. The molecule has 126 valence electrons. The average molecular weight is 381 g/mol. The molecule has 1 heterocycles. The van der Waals surface area contributed by atoms with Gasteiger partial charge >= 0.3 is 6.03 Å². The van der Waals surface area contributed by atoms with Crippen molar-refractivity contribution in [2.75, 3.05) is 17.6 Å². The van der Waals surface area contributed by atoms with Crippen LogP contribution in [-0.2, 0) is 0 Å². The SMILES string of the molecule is Cc1ccc([C@@H]2SCCN2C(=O)Nc2ccc(Cl)cc2Cl)c(C)c1. The number of carbonyl (C=O) groups is 1. The van der Waals surface area contributed by atoms with E-state index in [-0.39, 0.29) is 11.4 Å². The molecule has 0 radical (unpaired) electrons. The number of hydrogen-bond donors (Lipinski definition) is 1. The van der Waals surface area contributed by atoms with Gasteiger partial charge in [0.2, 0.25) is 0 Å². The molecule has 1 atom stereocenters. The second-order valence-electron chi connectivity index (χ2n) is 5.83. The van der Waals surface area contributed by atoms with Crippen molar-refractivity contribution >= 4 is 46.7 Å². The number of carbonyl (C=O) groups excluding carboxylic acids is 1. The molecule has 0 bridgehead atoms. The summed E-state index contributed by atoms with van der Waals surface area (Å²) in [7, 11) is 0. The van der Waals surface area contributed by atoms with Gasteiger partial charge in [-0.3, -0.25) is 0 Å². The van der Waals surface area contributed by atoms with E-state index in [2.05, 4.69) is 37.4 Å². The lowest BCUT2D eigenvalue weighted by molar-refractivity contribution is 0.214. The molecule has 3 nitrogen and oxygen atoms in total. The number of thioether (sulfide) groups is 1. The first-order valence-electron chi connectivity index (χ1n) is 7.67. The van der Waals surface area contributed by atoms with Gasteiger partial charge in [0.05, 0.1) is 10.7 Å². The van der Waals surface area contributed by atoms with E-state index < -0.39 is 0 Å². The molecule has 2 aromatic rings. The van der Waals surface area contributed by atoms with Gasteiger partial charge in [0.1, 0.15) is 5.37 Å². The van der Waals surface area contributed by atoms with E-state index in [1.54, 1.807) is 30.0 Å². The second-order valence-corrected chi connectivity index (χ2v) is 7.86. The number of aryl methyl sites for hydroxylation is 2. The summed E-state index contributed by atoms with van der Waals surface area (Å²) >= 11 is 13.8. The Labute approximate surface area is 156 Å². The fraction of sp³-hybridized carbons (Fsp3) is 0.278. The first kappa shape index (κ1) is 17.5. The molecule has 0 saturated carbocycles. The van der Waals surface area contributed by atoms with Crippen molar-refractivity contribution in [3.8, 4) is 0 Å². The smallest absolute Gasteiger partial charge is 0.308 e. The lowest BCUT2D eigenvalue weighted by Gasteiger charge is -2.26. The van der Waals surface area contributed by atoms with Gasteiger partial charge in [-0.05, 0) is 43.2 Å². The minimum absolute atomic E-state index is 0.0247. The molecule has 2 aromatic carbocycles. The number of nitrogens with one attached hydrogen (secondary N) is 1. The van der Waals surface area contributed by atoms with Crippen LogP contribution in [-0.4, -0.2) is 23.2 Å². The highest BCUT2D eigenvalue weighted by Gasteiger charge is 2.31. The third kappa shape index (κ3) is 3.66. The highest BCUT2D eigenvalue weighted by Crippen LogP contribution is 2.40. The van der Waals surface area contributed by atoms with E-state index in [1.807, 2.05) is 4.90 Å². The molecule has 0 unspecified atom stereocenters. The molecule has 0 aliphatic carbocycles. The number of rotatable bonds is 2. The lowest BCUT2D eigenvalue weighted by Crippen LogP contribution is -2.34. The normalized spacial score (nSPS) is 17.2. The van der Waals surface area contributed by atoms with Gasteiger partial charge in [-0.15, -0.1) is 11.8 Å². The Morgan fingerprint density at radius 1 is 1.21 bits per heavy atom. The van der Waals surface area contributed by atoms with Crippen molar-refractivity contribution in [1.82, 2.24) is 4.90 Å². The van der Waals surface area contributed by atoms with Crippen LogP contribution in [0.25, 0.3) is 0 Å². The van der Waals surface area contributed by atoms with Gasteiger partial charge < -0.3 is 10.2 Å². The van der Waals surface area contributed by atoms with Crippen molar-refractivity contribution in [1.29, 1.82) is 0 Å². The first-order chi connectivity index (χ1) is 11.5. The van der Waals surface area contributed by atoms with Gasteiger partial charge in [0.25, 0.3) is 0 Å². The monoisotopic (exact) mass is 380 g/mol. The number of benzene rings is 2. The van der Waals surface area contributed by atoms with Crippen molar-refractivity contribution < 1.29 is 4.79 Å². The summed E-state index contributed by atoms with van der Waals surface area (Å²) in [6, 6.07) is 11.3. The third-order valence-corrected chi connectivity index (χ3v) is 5.81. The molecular weight excluding hydrogens is 363 g/mol. The lowest BCUT2D eigenvalue weighted by atomic mass is 10.1. The van der Waals surface area contributed by atoms with E-state index in [1.165, 1.54) is 16.7 Å². The van der Waals surface area contributed by atoms with Gasteiger partial charge in [-0.25, -0.2) is 4.79 Å². The van der Waals surface area contributed by atoms with Crippen LogP contribution in [0, 0.1) is 13.8 Å². The van der Waals surface area contributed by atoms with Crippen LogP contribution in [0.1, 0.15) is 22.1 Å². The van der Waals surface area contributed by atoms with Gasteiger partial charge in [0, 0.05) is 17.3 Å². The highest BCUT2D eigenvalue weighted by molar-refractivity contribution is 7.99. The zero-order chi connectivity index (χ0) is 17.3. The van der Waals surface area contributed by atoms with Crippen molar-refractivity contribution in [3.63, 3.8) is 0 Å². The molecule has 1 saturated heterocycles. The number of anilines is 1. The molecular formula is C18H18Cl2N2OS. The summed E-state index contributed by atoms with van der Waals surface area (Å²) in [5, 5.41) is 3.90. The van der Waals surface area contributed by atoms with Crippen LogP contribution in [0.5, 0.6) is 0 Å². The average Bonchev–Trinajstić information content (AvgIpc) is 2.99. The Kier molecular flexibility index (Phi) is 5.28. The predicted octanol–water partition coefficient (Wildman–Crippen LogP) is 5.89. The van der Waals surface area contributed by atoms with Gasteiger partial charge in [-0.1, -0.05) is 47.0 Å². The maximum Gasteiger partial charge on any atom is 0.323 e. The van der Waals surface area contributed by atoms with Crippen LogP contribution < -0.4 is 5.32 Å². The maximum atomic E-state index is 12.7. The molecule has 0 spiro atoms. The summed E-state index contributed by atoms with van der Waals surface area (Å²) in [6.07, 6.45) is 0. The van der Waals surface area contributed by atoms with E-state index in [0.29, 0.717) is 22.3 Å². The quantitative estimate of drug-likeness (QED) is 0.704. The molecule has 1 N–H and O–H groups in total. The fourth-order valence-corrected chi connectivity index (χ4v) is 4.62. The van der Waals surface area contributed by atoms with Crippen LogP contribution in [0.2, 0.25) is 10.0 Å². The van der Waals surface area contributed by atoms with Crippen LogP contribution in [0.15, 0.2) is 36.4 Å². The minimum atomic E-state index is -0.144. The van der Waals surface area contributed by atoms with Crippen LogP contribution in [0.3, 0.4) is 0 Å². The summed E-state index contributed by atoms with van der Waals surface area (Å²) < 4.78 is 0. The van der Waals surface area contributed by atoms with E-state index >= 15 is 0 Å². The summed E-state index contributed by atoms with van der Waals surface area (Å²) in [4.78, 5) is 14.6. The Morgan fingerprint density at radius 2 is 2.00 bits per heavy atom. The number of hydrogen-bond acceptors (Lipinski definition) is 2. The first-order valence-corrected chi connectivity index (χ1v) is 9.47. The summed E-state index contributed by atoms with van der Waals surface area (Å²) in [5.41, 5.74) is 4.18. The van der Waals surface area contributed by atoms with Gasteiger partial charge in [-0.2, -0.15) is 0 Å². The zero-order valence-corrected chi connectivity index (χ0v) is 15.8. The second kappa shape index (κ2) is 7.26. The Bertz CT molecular complexity index is 782. The zero-order valence-electron chi connectivity index (χ0n) is 13.5. The fourth-order valence-electron chi connectivity index (χ4n) is 2.82. The molecule has 1 aliphatic heterocycles. The molecule has 24 heavy (non-hydrogen) atoms. The van der Waals surface area contributed by atoms with Crippen LogP contribution >= 0.6 is 35.0 Å². The molecule has 1 fully saturated rings. The van der Waals surface area contributed by atoms with Gasteiger partial charge in [0.15, 0.2) is 0 Å². The molecule has 6 heteroatoms. The third-order valence-electron chi connectivity index (χ3n) is 4.02. The Balaban J connectivity index is 1.81. The van der Waals surface area contributed by atoms with E-state index in [9.17, 15) is 4.79 Å². The summed E-state index contributed by atoms with van der Waals surface area (Å²) in [6.45, 7) is 4.87. The van der Waals surface area contributed by atoms with Crippen molar-refractivity contribution in [2.45, 2.75) is 19.2 Å².